The first-order chi connectivity index (χ1) is 7.17. The Morgan fingerprint density at radius 1 is 1.40 bits per heavy atom. The lowest BCUT2D eigenvalue weighted by molar-refractivity contribution is 0.372. The molecule has 0 radical (unpaired) electrons. The van der Waals surface area contributed by atoms with Crippen LogP contribution >= 0.6 is 22.9 Å². The molecule has 0 spiro atoms. The monoisotopic (exact) mass is 245 g/mol. The van der Waals surface area contributed by atoms with Crippen molar-refractivity contribution in [1.29, 1.82) is 0 Å². The zero-order valence-electron chi connectivity index (χ0n) is 9.72. The van der Waals surface area contributed by atoms with E-state index in [4.69, 9.17) is 11.6 Å². The Kier molecular flexibility index (Phi) is 5.65. The van der Waals surface area contributed by atoms with Crippen LogP contribution in [0.1, 0.15) is 32.1 Å². The van der Waals surface area contributed by atoms with E-state index in [1.807, 2.05) is 6.07 Å². The summed E-state index contributed by atoms with van der Waals surface area (Å²) in [6, 6.07) is 4.70. The number of hydrogen-bond acceptors (Lipinski definition) is 2. The van der Waals surface area contributed by atoms with Crippen molar-refractivity contribution >= 4 is 22.9 Å². The number of hydrogen-bond donors (Lipinski definition) is 1. The SMILES string of the molecule is CCNC(Cc1ccc(Cl)s1)C(C)CC. The summed E-state index contributed by atoms with van der Waals surface area (Å²) in [6.45, 7) is 7.75. The van der Waals surface area contributed by atoms with Gasteiger partial charge in [0.1, 0.15) is 0 Å². The van der Waals surface area contributed by atoms with Gasteiger partial charge in [-0.15, -0.1) is 11.3 Å². The molecule has 15 heavy (non-hydrogen) atoms. The Labute approximate surface area is 102 Å². The minimum absolute atomic E-state index is 0.578. The fourth-order valence-corrected chi connectivity index (χ4v) is 2.85. The third-order valence-electron chi connectivity index (χ3n) is 2.85. The van der Waals surface area contributed by atoms with E-state index in [1.54, 1.807) is 11.3 Å². The van der Waals surface area contributed by atoms with Gasteiger partial charge in [-0.25, -0.2) is 0 Å². The van der Waals surface area contributed by atoms with Gasteiger partial charge in [0.25, 0.3) is 0 Å². The first-order valence-electron chi connectivity index (χ1n) is 5.65. The molecule has 2 unspecified atom stereocenters. The molecule has 0 saturated heterocycles. The Bertz CT molecular complexity index is 285. The van der Waals surface area contributed by atoms with E-state index >= 15 is 0 Å². The zero-order chi connectivity index (χ0) is 11.3. The van der Waals surface area contributed by atoms with Gasteiger partial charge in [0.15, 0.2) is 0 Å². The topological polar surface area (TPSA) is 12.0 Å². The van der Waals surface area contributed by atoms with Crippen LogP contribution in [0.5, 0.6) is 0 Å². The largest absolute Gasteiger partial charge is 0.314 e. The van der Waals surface area contributed by atoms with Crippen molar-refractivity contribution in [3.05, 3.63) is 21.3 Å². The van der Waals surface area contributed by atoms with Gasteiger partial charge in [-0.1, -0.05) is 38.8 Å². The number of halogens is 1. The highest BCUT2D eigenvalue weighted by Gasteiger charge is 2.15. The molecule has 1 rings (SSSR count). The smallest absolute Gasteiger partial charge is 0.0931 e. The van der Waals surface area contributed by atoms with Crippen molar-refractivity contribution < 1.29 is 0 Å². The zero-order valence-corrected chi connectivity index (χ0v) is 11.3. The average molecular weight is 246 g/mol. The van der Waals surface area contributed by atoms with Gasteiger partial charge in [-0.2, -0.15) is 0 Å². The molecule has 1 aromatic rings. The highest BCUT2D eigenvalue weighted by Crippen LogP contribution is 2.24. The predicted molar refractivity (Wildman–Crippen MR) is 70.0 cm³/mol. The van der Waals surface area contributed by atoms with Crippen molar-refractivity contribution in [2.24, 2.45) is 5.92 Å². The molecule has 0 bridgehead atoms. The molecule has 1 N–H and O–H groups in total. The highest BCUT2D eigenvalue weighted by atomic mass is 35.5. The summed E-state index contributed by atoms with van der Waals surface area (Å²) in [7, 11) is 0. The summed E-state index contributed by atoms with van der Waals surface area (Å²) in [5.41, 5.74) is 0. The summed E-state index contributed by atoms with van der Waals surface area (Å²) in [4.78, 5) is 1.38. The molecule has 3 heteroatoms. The van der Waals surface area contributed by atoms with Gasteiger partial charge in [-0.3, -0.25) is 0 Å². The van der Waals surface area contributed by atoms with Crippen LogP contribution in [0.25, 0.3) is 0 Å². The fraction of sp³-hybridized carbons (Fsp3) is 0.667. The average Bonchev–Trinajstić information content (AvgIpc) is 2.62. The minimum atomic E-state index is 0.578. The minimum Gasteiger partial charge on any atom is -0.314 e. The summed E-state index contributed by atoms with van der Waals surface area (Å²) in [6.07, 6.45) is 2.32. The van der Waals surface area contributed by atoms with Gasteiger partial charge in [0, 0.05) is 10.9 Å². The van der Waals surface area contributed by atoms with Gasteiger partial charge < -0.3 is 5.32 Å². The molecule has 1 aromatic heterocycles. The van der Waals surface area contributed by atoms with Crippen molar-refractivity contribution in [2.45, 2.75) is 39.7 Å². The third-order valence-corrected chi connectivity index (χ3v) is 4.10. The molecule has 1 heterocycles. The Balaban J connectivity index is 2.57. The molecule has 0 aliphatic heterocycles. The Morgan fingerprint density at radius 3 is 2.60 bits per heavy atom. The number of likely N-dealkylation sites (N-methyl/N-ethyl adjacent to an activating group) is 1. The maximum atomic E-state index is 5.93. The third kappa shape index (κ3) is 4.13. The highest BCUT2D eigenvalue weighted by molar-refractivity contribution is 7.16. The molecule has 0 amide bonds. The van der Waals surface area contributed by atoms with E-state index in [2.05, 4.69) is 32.2 Å². The van der Waals surface area contributed by atoms with Crippen LogP contribution in [0.4, 0.5) is 0 Å². The van der Waals surface area contributed by atoms with E-state index in [0.29, 0.717) is 12.0 Å². The van der Waals surface area contributed by atoms with Crippen LogP contribution in [0.15, 0.2) is 12.1 Å². The second kappa shape index (κ2) is 6.51. The van der Waals surface area contributed by atoms with Crippen molar-refractivity contribution in [2.75, 3.05) is 6.54 Å². The van der Waals surface area contributed by atoms with Crippen molar-refractivity contribution in [3.63, 3.8) is 0 Å². The molecule has 0 saturated carbocycles. The predicted octanol–water partition coefficient (Wildman–Crippen LogP) is 3.97. The molecular formula is C12H20ClNS. The van der Waals surface area contributed by atoms with Gasteiger partial charge in [0.2, 0.25) is 0 Å². The molecule has 2 atom stereocenters. The lowest BCUT2D eigenvalue weighted by Gasteiger charge is -2.23. The fourth-order valence-electron chi connectivity index (χ4n) is 1.70. The van der Waals surface area contributed by atoms with Crippen LogP contribution in [0, 0.1) is 5.92 Å². The van der Waals surface area contributed by atoms with Crippen LogP contribution < -0.4 is 5.32 Å². The number of rotatable bonds is 6. The molecular weight excluding hydrogens is 226 g/mol. The van der Waals surface area contributed by atoms with E-state index < -0.39 is 0 Å². The van der Waals surface area contributed by atoms with Gasteiger partial charge in [-0.05, 0) is 31.0 Å². The van der Waals surface area contributed by atoms with Crippen molar-refractivity contribution in [1.82, 2.24) is 5.32 Å². The molecule has 0 aliphatic rings. The quantitative estimate of drug-likeness (QED) is 0.800. The molecule has 86 valence electrons. The normalized spacial score (nSPS) is 15.2. The standard InChI is InChI=1S/C12H20ClNS/c1-4-9(3)11(14-5-2)8-10-6-7-12(13)15-10/h6-7,9,11,14H,4-5,8H2,1-3H3. The van der Waals surface area contributed by atoms with Crippen LogP contribution in [0.3, 0.4) is 0 Å². The lowest BCUT2D eigenvalue weighted by atomic mass is 9.96. The maximum Gasteiger partial charge on any atom is 0.0931 e. The Morgan fingerprint density at radius 2 is 2.13 bits per heavy atom. The first-order valence-corrected chi connectivity index (χ1v) is 6.84. The van der Waals surface area contributed by atoms with E-state index in [1.165, 1.54) is 11.3 Å². The van der Waals surface area contributed by atoms with E-state index in [9.17, 15) is 0 Å². The van der Waals surface area contributed by atoms with Gasteiger partial charge >= 0.3 is 0 Å². The summed E-state index contributed by atoms with van der Waals surface area (Å²) >= 11 is 7.63. The molecule has 1 nitrogen and oxygen atoms in total. The number of nitrogens with one attached hydrogen (secondary N) is 1. The van der Waals surface area contributed by atoms with E-state index in [-0.39, 0.29) is 0 Å². The summed E-state index contributed by atoms with van der Waals surface area (Å²) in [5, 5.41) is 3.55. The second-order valence-electron chi connectivity index (χ2n) is 3.96. The molecule has 0 aromatic carbocycles. The first kappa shape index (κ1) is 13.0. The summed E-state index contributed by atoms with van der Waals surface area (Å²) < 4.78 is 0.893. The maximum absolute atomic E-state index is 5.93. The summed E-state index contributed by atoms with van der Waals surface area (Å²) in [5.74, 6) is 0.714. The molecule has 0 aliphatic carbocycles. The lowest BCUT2D eigenvalue weighted by Crippen LogP contribution is -2.36. The van der Waals surface area contributed by atoms with Gasteiger partial charge in [0.05, 0.1) is 4.34 Å². The van der Waals surface area contributed by atoms with Crippen LogP contribution in [-0.4, -0.2) is 12.6 Å². The Hall–Kier alpha value is -0.0500. The second-order valence-corrected chi connectivity index (χ2v) is 5.76. The van der Waals surface area contributed by atoms with Crippen LogP contribution in [0.2, 0.25) is 4.34 Å². The molecule has 0 fully saturated rings. The number of thiophene rings is 1. The van der Waals surface area contributed by atoms with Crippen LogP contribution in [-0.2, 0) is 6.42 Å². The van der Waals surface area contributed by atoms with E-state index in [0.717, 1.165) is 17.3 Å². The van der Waals surface area contributed by atoms with Crippen molar-refractivity contribution in [3.8, 4) is 0 Å².